The minimum Gasteiger partial charge on any atom is -0.505 e. The van der Waals surface area contributed by atoms with Crippen molar-refractivity contribution in [3.05, 3.63) is 28.0 Å². The van der Waals surface area contributed by atoms with Crippen molar-refractivity contribution < 1.29 is 9.50 Å². The first-order valence-corrected chi connectivity index (χ1v) is 4.30. The summed E-state index contributed by atoms with van der Waals surface area (Å²) in [7, 11) is 0. The highest BCUT2D eigenvalue weighted by Gasteiger charge is 2.09. The Kier molecular flexibility index (Phi) is 2.87. The van der Waals surface area contributed by atoms with Crippen molar-refractivity contribution in [2.75, 3.05) is 0 Å². The van der Waals surface area contributed by atoms with Gasteiger partial charge in [0.25, 0.3) is 0 Å². The van der Waals surface area contributed by atoms with Crippen LogP contribution in [-0.4, -0.2) is 10.9 Å². The second-order valence-corrected chi connectivity index (χ2v) is 3.51. The molecule has 0 aliphatic heterocycles. The maximum atomic E-state index is 12.9. The second-order valence-electron chi connectivity index (χ2n) is 2.60. The van der Waals surface area contributed by atoms with Gasteiger partial charge >= 0.3 is 0 Å². The van der Waals surface area contributed by atoms with Crippen LogP contribution >= 0.6 is 15.9 Å². The molecule has 0 spiro atoms. The molecule has 0 amide bonds. The molecule has 0 atom stereocenters. The van der Waals surface area contributed by atoms with Crippen molar-refractivity contribution in [3.63, 3.8) is 0 Å². The van der Waals surface area contributed by atoms with Crippen LogP contribution < -0.4 is 5.73 Å². The lowest BCUT2D eigenvalue weighted by atomic mass is 10.1. The molecule has 0 saturated heterocycles. The van der Waals surface area contributed by atoms with E-state index in [9.17, 15) is 9.50 Å². The molecule has 0 bridgehead atoms. The number of nitrogens with one attached hydrogen (secondary N) is 1. The van der Waals surface area contributed by atoms with Gasteiger partial charge in [-0.2, -0.15) is 0 Å². The number of nitrogens with two attached hydrogens (primary N) is 1. The van der Waals surface area contributed by atoms with Gasteiger partial charge in [-0.05, 0) is 12.1 Å². The summed E-state index contributed by atoms with van der Waals surface area (Å²) in [5.41, 5.74) is 5.43. The molecule has 1 aromatic rings. The molecular formula is C8H8BrFN2O. The fraction of sp³-hybridized carbons (Fsp3) is 0.125. The molecule has 5 heteroatoms. The minimum absolute atomic E-state index is 0.0438. The highest BCUT2D eigenvalue weighted by molar-refractivity contribution is 9.10. The van der Waals surface area contributed by atoms with Gasteiger partial charge in [-0.25, -0.2) is 4.39 Å². The highest BCUT2D eigenvalue weighted by Crippen LogP contribution is 2.26. The van der Waals surface area contributed by atoms with Crippen LogP contribution in [0.4, 0.5) is 4.39 Å². The average molecular weight is 247 g/mol. The first-order valence-electron chi connectivity index (χ1n) is 3.50. The number of benzene rings is 1. The van der Waals surface area contributed by atoms with Gasteiger partial charge in [0.2, 0.25) is 0 Å². The number of rotatable bonds is 2. The lowest BCUT2D eigenvalue weighted by Crippen LogP contribution is -2.13. The molecule has 13 heavy (non-hydrogen) atoms. The molecule has 0 aromatic heterocycles. The van der Waals surface area contributed by atoms with Gasteiger partial charge in [0.15, 0.2) is 11.6 Å². The summed E-state index contributed by atoms with van der Waals surface area (Å²) in [4.78, 5) is 0. The van der Waals surface area contributed by atoms with Gasteiger partial charge in [-0.1, -0.05) is 15.9 Å². The number of amidine groups is 1. The van der Waals surface area contributed by atoms with E-state index in [2.05, 4.69) is 15.9 Å². The van der Waals surface area contributed by atoms with Crippen LogP contribution in [0.25, 0.3) is 0 Å². The zero-order valence-corrected chi connectivity index (χ0v) is 8.23. The zero-order valence-electron chi connectivity index (χ0n) is 6.64. The van der Waals surface area contributed by atoms with E-state index in [-0.39, 0.29) is 12.3 Å². The van der Waals surface area contributed by atoms with E-state index in [1.54, 1.807) is 0 Å². The predicted molar refractivity (Wildman–Crippen MR) is 51.4 cm³/mol. The second kappa shape index (κ2) is 3.74. The van der Waals surface area contributed by atoms with E-state index in [1.807, 2.05) is 0 Å². The summed E-state index contributed by atoms with van der Waals surface area (Å²) in [5.74, 6) is -1.28. The van der Waals surface area contributed by atoms with E-state index >= 15 is 0 Å². The molecule has 70 valence electrons. The predicted octanol–water partition coefficient (Wildman–Crippen LogP) is 1.77. The van der Waals surface area contributed by atoms with Crippen LogP contribution in [0, 0.1) is 11.2 Å². The van der Waals surface area contributed by atoms with Crippen LogP contribution in [-0.2, 0) is 6.42 Å². The van der Waals surface area contributed by atoms with E-state index < -0.39 is 11.6 Å². The van der Waals surface area contributed by atoms with E-state index in [1.165, 1.54) is 6.07 Å². The Morgan fingerprint density at radius 1 is 1.62 bits per heavy atom. The molecule has 1 aromatic carbocycles. The molecule has 0 heterocycles. The highest BCUT2D eigenvalue weighted by atomic mass is 79.9. The number of phenols is 1. The van der Waals surface area contributed by atoms with Crippen LogP contribution in [0.15, 0.2) is 16.6 Å². The summed E-state index contributed by atoms with van der Waals surface area (Å²) < 4.78 is 13.4. The molecule has 3 nitrogen and oxygen atoms in total. The fourth-order valence-corrected chi connectivity index (χ4v) is 1.44. The standard InChI is InChI=1S/C8H8BrFN2O/c9-5-1-4(2-7(11)12)8(13)6(10)3-5/h1,3,13H,2H2,(H3,11,12). The van der Waals surface area contributed by atoms with Crippen molar-refractivity contribution in [2.45, 2.75) is 6.42 Å². The third-order valence-corrected chi connectivity index (χ3v) is 1.95. The Morgan fingerprint density at radius 2 is 2.23 bits per heavy atom. The molecular weight excluding hydrogens is 239 g/mol. The van der Waals surface area contributed by atoms with Crippen molar-refractivity contribution in [1.82, 2.24) is 0 Å². The Labute approximate surface area is 83.0 Å². The summed E-state index contributed by atoms with van der Waals surface area (Å²) in [6.45, 7) is 0. The topological polar surface area (TPSA) is 70.1 Å². The Morgan fingerprint density at radius 3 is 2.77 bits per heavy atom. The largest absolute Gasteiger partial charge is 0.505 e. The summed E-state index contributed by atoms with van der Waals surface area (Å²) in [6, 6.07) is 2.68. The van der Waals surface area contributed by atoms with Crippen molar-refractivity contribution in [1.29, 1.82) is 5.41 Å². The minimum atomic E-state index is -0.717. The van der Waals surface area contributed by atoms with E-state index in [0.29, 0.717) is 10.0 Å². The Hall–Kier alpha value is -1.10. The van der Waals surface area contributed by atoms with Crippen LogP contribution in [0.3, 0.4) is 0 Å². The normalized spacial score (nSPS) is 10.0. The quantitative estimate of drug-likeness (QED) is 0.550. The Balaban J connectivity index is 3.12. The van der Waals surface area contributed by atoms with Crippen molar-refractivity contribution >= 4 is 21.8 Å². The van der Waals surface area contributed by atoms with Crippen molar-refractivity contribution in [2.24, 2.45) is 5.73 Å². The average Bonchev–Trinajstić information content (AvgIpc) is 1.98. The number of halogens is 2. The van der Waals surface area contributed by atoms with Gasteiger partial charge in [0.05, 0.1) is 5.84 Å². The van der Waals surface area contributed by atoms with Gasteiger partial charge in [0.1, 0.15) is 0 Å². The summed E-state index contributed by atoms with van der Waals surface area (Å²) >= 11 is 3.07. The first-order chi connectivity index (χ1) is 6.00. The summed E-state index contributed by atoms with van der Waals surface area (Å²) in [5, 5.41) is 16.2. The van der Waals surface area contributed by atoms with Crippen molar-refractivity contribution in [3.8, 4) is 5.75 Å². The third-order valence-electron chi connectivity index (χ3n) is 1.49. The number of hydrogen-bond donors (Lipinski definition) is 3. The van der Waals surface area contributed by atoms with Crippen LogP contribution in [0.1, 0.15) is 5.56 Å². The summed E-state index contributed by atoms with van der Waals surface area (Å²) in [6.07, 6.45) is 0.0438. The van der Waals surface area contributed by atoms with Crippen LogP contribution in [0.2, 0.25) is 0 Å². The number of aromatic hydroxyl groups is 1. The lowest BCUT2D eigenvalue weighted by Gasteiger charge is -2.04. The molecule has 1 rings (SSSR count). The maximum Gasteiger partial charge on any atom is 0.166 e. The van der Waals surface area contributed by atoms with Gasteiger partial charge in [-0.3, -0.25) is 5.41 Å². The fourth-order valence-electron chi connectivity index (χ4n) is 0.959. The van der Waals surface area contributed by atoms with Gasteiger partial charge in [0, 0.05) is 16.5 Å². The molecule has 4 N–H and O–H groups in total. The smallest absolute Gasteiger partial charge is 0.166 e. The molecule has 0 unspecified atom stereocenters. The van der Waals surface area contributed by atoms with Crippen LogP contribution in [0.5, 0.6) is 5.75 Å². The molecule has 0 fully saturated rings. The van der Waals surface area contributed by atoms with Gasteiger partial charge < -0.3 is 10.8 Å². The number of phenolic OH excluding ortho intramolecular Hbond substituents is 1. The van der Waals surface area contributed by atoms with E-state index in [0.717, 1.165) is 6.07 Å². The van der Waals surface area contributed by atoms with Gasteiger partial charge in [-0.15, -0.1) is 0 Å². The molecule has 0 aliphatic carbocycles. The molecule has 0 aliphatic rings. The van der Waals surface area contributed by atoms with E-state index in [4.69, 9.17) is 11.1 Å². The zero-order chi connectivity index (χ0) is 10.0. The monoisotopic (exact) mass is 246 g/mol. The SMILES string of the molecule is N=C(N)Cc1cc(Br)cc(F)c1O. The molecule has 0 saturated carbocycles. The third kappa shape index (κ3) is 2.42. The molecule has 0 radical (unpaired) electrons. The lowest BCUT2D eigenvalue weighted by molar-refractivity contribution is 0.427. The number of hydrogen-bond acceptors (Lipinski definition) is 2. The first kappa shape index (κ1) is 9.98. The Bertz CT molecular complexity index is 354. The maximum absolute atomic E-state index is 12.9.